The van der Waals surface area contributed by atoms with E-state index >= 15 is 0 Å². The van der Waals surface area contributed by atoms with Crippen LogP contribution in [0, 0.1) is 5.82 Å². The Kier molecular flexibility index (Phi) is 7.36. The van der Waals surface area contributed by atoms with E-state index in [9.17, 15) is 9.18 Å². The van der Waals surface area contributed by atoms with Crippen LogP contribution in [0.5, 0.6) is 5.75 Å². The zero-order valence-electron chi connectivity index (χ0n) is 16.8. The van der Waals surface area contributed by atoms with E-state index in [1.807, 2.05) is 13.8 Å². The maximum Gasteiger partial charge on any atom is 0.239 e. The zero-order chi connectivity index (χ0) is 20.0. The highest BCUT2D eigenvalue weighted by Gasteiger charge is 2.20. The van der Waals surface area contributed by atoms with Crippen LogP contribution in [-0.4, -0.2) is 31.0 Å². The minimum Gasteiger partial charge on any atom is -0.494 e. The molecule has 4 nitrogen and oxygen atoms in total. The van der Waals surface area contributed by atoms with Crippen LogP contribution >= 0.6 is 0 Å². The van der Waals surface area contributed by atoms with Crippen LogP contribution in [0.1, 0.15) is 43.5 Å². The number of amides is 1. The number of nitrogens with zero attached hydrogens (tertiary/aromatic N) is 1. The Bertz CT molecular complexity index is 761. The Morgan fingerprint density at radius 1 is 1.15 bits per heavy atom. The molecular weight excluding hydrogens is 343 g/mol. The lowest BCUT2D eigenvalue weighted by Gasteiger charge is -2.25. The van der Waals surface area contributed by atoms with Gasteiger partial charge in [0.15, 0.2) is 11.6 Å². The van der Waals surface area contributed by atoms with Gasteiger partial charge in [0, 0.05) is 19.6 Å². The molecule has 0 spiro atoms. The number of ether oxygens (including phenoxy) is 1. The van der Waals surface area contributed by atoms with Crippen molar-refractivity contribution in [3.8, 4) is 5.75 Å². The van der Waals surface area contributed by atoms with Crippen LogP contribution in [-0.2, 0) is 17.8 Å². The first-order valence-electron chi connectivity index (χ1n) is 9.28. The molecule has 0 saturated carbocycles. The van der Waals surface area contributed by atoms with Crippen molar-refractivity contribution in [3.63, 3.8) is 0 Å². The van der Waals surface area contributed by atoms with E-state index in [-0.39, 0.29) is 23.7 Å². The molecule has 2 rings (SSSR count). The highest BCUT2D eigenvalue weighted by molar-refractivity contribution is 5.81. The summed E-state index contributed by atoms with van der Waals surface area (Å²) in [5.41, 5.74) is 3.16. The van der Waals surface area contributed by atoms with Crippen molar-refractivity contribution in [2.24, 2.45) is 0 Å². The number of likely N-dealkylation sites (N-methyl/N-ethyl adjacent to an activating group) is 1. The van der Waals surface area contributed by atoms with E-state index in [0.29, 0.717) is 6.54 Å². The fraction of sp³-hybridized carbons (Fsp3) is 0.409. The van der Waals surface area contributed by atoms with Gasteiger partial charge in [-0.25, -0.2) is 4.39 Å². The number of methoxy groups -OCH3 is 1. The molecule has 0 aliphatic carbocycles. The van der Waals surface area contributed by atoms with Crippen molar-refractivity contribution in [1.82, 2.24) is 10.2 Å². The number of nitrogens with one attached hydrogen (secondary N) is 1. The first kappa shape index (κ1) is 20.9. The molecule has 27 heavy (non-hydrogen) atoms. The number of hydrogen-bond acceptors (Lipinski definition) is 3. The molecule has 0 saturated heterocycles. The van der Waals surface area contributed by atoms with E-state index in [1.54, 1.807) is 24.1 Å². The van der Waals surface area contributed by atoms with Gasteiger partial charge in [0.2, 0.25) is 5.91 Å². The minimum atomic E-state index is -0.425. The predicted octanol–water partition coefficient (Wildman–Crippen LogP) is 4.09. The van der Waals surface area contributed by atoms with E-state index in [1.165, 1.54) is 18.7 Å². The third-order valence-electron chi connectivity index (χ3n) is 4.77. The second kappa shape index (κ2) is 9.51. The monoisotopic (exact) mass is 372 g/mol. The van der Waals surface area contributed by atoms with Crippen molar-refractivity contribution in [2.75, 3.05) is 14.2 Å². The SMILES string of the molecule is CCc1ccc(C(C)NC(C)C(=O)N(C)Cc2ccc(OC)c(F)c2)cc1. The Morgan fingerprint density at radius 2 is 1.78 bits per heavy atom. The Balaban J connectivity index is 1.95. The van der Waals surface area contributed by atoms with Gasteiger partial charge in [-0.1, -0.05) is 37.3 Å². The smallest absolute Gasteiger partial charge is 0.239 e. The van der Waals surface area contributed by atoms with Crippen LogP contribution in [0.15, 0.2) is 42.5 Å². The molecule has 0 aliphatic rings. The molecule has 0 radical (unpaired) electrons. The molecule has 1 amide bonds. The fourth-order valence-corrected chi connectivity index (χ4v) is 3.08. The number of carbonyl (C=O) groups excluding carboxylic acids is 1. The number of halogens is 1. The summed E-state index contributed by atoms with van der Waals surface area (Å²) < 4.78 is 18.8. The molecular formula is C22H29FN2O2. The first-order valence-corrected chi connectivity index (χ1v) is 9.28. The van der Waals surface area contributed by atoms with Gasteiger partial charge in [-0.15, -0.1) is 0 Å². The normalized spacial score (nSPS) is 13.1. The molecule has 2 aromatic rings. The minimum absolute atomic E-state index is 0.0387. The Morgan fingerprint density at radius 3 is 2.33 bits per heavy atom. The van der Waals surface area contributed by atoms with Crippen LogP contribution in [0.2, 0.25) is 0 Å². The topological polar surface area (TPSA) is 41.6 Å². The number of carbonyl (C=O) groups is 1. The molecule has 146 valence electrons. The summed E-state index contributed by atoms with van der Waals surface area (Å²) in [5, 5.41) is 3.34. The van der Waals surface area contributed by atoms with Gasteiger partial charge in [-0.3, -0.25) is 10.1 Å². The van der Waals surface area contributed by atoms with E-state index < -0.39 is 5.82 Å². The second-order valence-electron chi connectivity index (χ2n) is 6.87. The predicted molar refractivity (Wildman–Crippen MR) is 106 cm³/mol. The molecule has 0 fully saturated rings. The van der Waals surface area contributed by atoms with E-state index in [4.69, 9.17) is 4.74 Å². The summed E-state index contributed by atoms with van der Waals surface area (Å²) in [5.74, 6) is -0.264. The van der Waals surface area contributed by atoms with Crippen molar-refractivity contribution >= 4 is 5.91 Å². The van der Waals surface area contributed by atoms with Crippen molar-refractivity contribution in [1.29, 1.82) is 0 Å². The molecule has 0 aromatic heterocycles. The molecule has 0 bridgehead atoms. The van der Waals surface area contributed by atoms with Crippen LogP contribution in [0.4, 0.5) is 4.39 Å². The van der Waals surface area contributed by atoms with Gasteiger partial charge in [0.05, 0.1) is 13.2 Å². The van der Waals surface area contributed by atoms with E-state index in [2.05, 4.69) is 36.5 Å². The molecule has 2 aromatic carbocycles. The number of aryl methyl sites for hydroxylation is 1. The fourth-order valence-electron chi connectivity index (χ4n) is 3.08. The standard InChI is InChI=1S/C22H29FN2O2/c1-6-17-7-10-19(11-8-17)15(2)24-16(3)22(26)25(4)14-18-9-12-21(27-5)20(23)13-18/h7-13,15-16,24H,6,14H2,1-5H3. The highest BCUT2D eigenvalue weighted by Crippen LogP contribution is 2.19. The average Bonchev–Trinajstić information content (AvgIpc) is 2.67. The molecule has 1 N–H and O–H groups in total. The van der Waals surface area contributed by atoms with Crippen LogP contribution in [0.3, 0.4) is 0 Å². The van der Waals surface area contributed by atoms with Crippen LogP contribution < -0.4 is 10.1 Å². The highest BCUT2D eigenvalue weighted by atomic mass is 19.1. The maximum atomic E-state index is 13.8. The summed E-state index contributed by atoms with van der Waals surface area (Å²) in [6, 6.07) is 12.9. The first-order chi connectivity index (χ1) is 12.8. The van der Waals surface area contributed by atoms with Gasteiger partial charge in [0.1, 0.15) is 0 Å². The molecule has 0 aliphatic heterocycles. The molecule has 5 heteroatoms. The van der Waals surface area contributed by atoms with Crippen molar-refractivity contribution < 1.29 is 13.9 Å². The number of benzene rings is 2. The van der Waals surface area contributed by atoms with Gasteiger partial charge < -0.3 is 9.64 Å². The molecule has 2 unspecified atom stereocenters. The molecule has 2 atom stereocenters. The number of rotatable bonds is 8. The lowest BCUT2D eigenvalue weighted by Crippen LogP contribution is -2.43. The second-order valence-corrected chi connectivity index (χ2v) is 6.87. The summed E-state index contributed by atoms with van der Waals surface area (Å²) in [7, 11) is 3.15. The summed E-state index contributed by atoms with van der Waals surface area (Å²) in [6.45, 7) is 6.36. The third kappa shape index (κ3) is 5.54. The van der Waals surface area contributed by atoms with Gasteiger partial charge in [-0.05, 0) is 49.1 Å². The van der Waals surface area contributed by atoms with E-state index in [0.717, 1.165) is 17.5 Å². The lowest BCUT2D eigenvalue weighted by atomic mass is 10.0. The largest absolute Gasteiger partial charge is 0.494 e. The quantitative estimate of drug-likeness (QED) is 0.759. The number of hydrogen-bond donors (Lipinski definition) is 1. The van der Waals surface area contributed by atoms with Gasteiger partial charge >= 0.3 is 0 Å². The van der Waals surface area contributed by atoms with Crippen molar-refractivity contribution in [3.05, 3.63) is 65.0 Å². The Labute approximate surface area is 161 Å². The maximum absolute atomic E-state index is 13.8. The summed E-state index contributed by atoms with van der Waals surface area (Å²) >= 11 is 0. The molecule has 0 heterocycles. The summed E-state index contributed by atoms with van der Waals surface area (Å²) in [6.07, 6.45) is 1.01. The average molecular weight is 372 g/mol. The third-order valence-corrected chi connectivity index (χ3v) is 4.77. The van der Waals surface area contributed by atoms with Gasteiger partial charge in [-0.2, -0.15) is 0 Å². The Hall–Kier alpha value is -2.40. The lowest BCUT2D eigenvalue weighted by molar-refractivity contribution is -0.132. The van der Waals surface area contributed by atoms with Crippen LogP contribution in [0.25, 0.3) is 0 Å². The zero-order valence-corrected chi connectivity index (χ0v) is 16.8. The van der Waals surface area contributed by atoms with Gasteiger partial charge in [0.25, 0.3) is 0 Å². The summed E-state index contributed by atoms with van der Waals surface area (Å²) in [4.78, 5) is 14.3. The van der Waals surface area contributed by atoms with Crippen molar-refractivity contribution in [2.45, 2.75) is 45.8 Å².